The van der Waals surface area contributed by atoms with E-state index in [0.29, 0.717) is 35.9 Å². The molecule has 0 aromatic carbocycles. The lowest BCUT2D eigenvalue weighted by Gasteiger charge is -2.40. The molecule has 3 heterocycles. The highest BCUT2D eigenvalue weighted by molar-refractivity contribution is 7.17. The van der Waals surface area contributed by atoms with Crippen molar-refractivity contribution in [3.63, 3.8) is 0 Å². The number of carbonyl (C=O) groups excluding carboxylic acids is 2. The molecule has 0 spiro atoms. The van der Waals surface area contributed by atoms with Gasteiger partial charge in [-0.1, -0.05) is 11.3 Å². The molecule has 2 aromatic heterocycles. The van der Waals surface area contributed by atoms with Crippen LogP contribution in [0, 0.1) is 12.8 Å². The molecule has 1 aliphatic heterocycles. The van der Waals surface area contributed by atoms with Crippen molar-refractivity contribution in [3.8, 4) is 0 Å². The predicted molar refractivity (Wildman–Crippen MR) is 102 cm³/mol. The second kappa shape index (κ2) is 7.65. The van der Waals surface area contributed by atoms with Gasteiger partial charge in [0.15, 0.2) is 11.2 Å². The Bertz CT molecular complexity index is 840. The molecule has 1 atom stereocenters. The Balaban J connectivity index is 1.47. The molecule has 9 nitrogen and oxygen atoms in total. The van der Waals surface area contributed by atoms with Crippen LogP contribution in [-0.4, -0.2) is 70.3 Å². The maximum absolute atomic E-state index is 12.4. The van der Waals surface area contributed by atoms with Gasteiger partial charge in [0.05, 0.1) is 11.4 Å². The Morgan fingerprint density at radius 1 is 1.44 bits per heavy atom. The number of aliphatic hydroxyl groups is 1. The summed E-state index contributed by atoms with van der Waals surface area (Å²) in [6.07, 6.45) is 0.334. The molecule has 2 amide bonds. The second-order valence-electron chi connectivity index (χ2n) is 6.91. The second-order valence-corrected chi connectivity index (χ2v) is 7.88. The number of aromatic nitrogens is 3. The molecule has 0 saturated carbocycles. The summed E-state index contributed by atoms with van der Waals surface area (Å²) in [6, 6.07) is 1.62. The van der Waals surface area contributed by atoms with Crippen molar-refractivity contribution in [1.82, 2.24) is 25.0 Å². The number of amides is 2. The third-order valence-corrected chi connectivity index (χ3v) is 5.89. The fourth-order valence-corrected chi connectivity index (χ4v) is 3.84. The summed E-state index contributed by atoms with van der Waals surface area (Å²) in [6.45, 7) is 3.33. The third-order valence-electron chi connectivity index (χ3n) is 4.57. The summed E-state index contributed by atoms with van der Waals surface area (Å²) in [4.78, 5) is 33.2. The van der Waals surface area contributed by atoms with E-state index in [1.165, 1.54) is 16.0 Å². The zero-order valence-electron chi connectivity index (χ0n) is 15.8. The summed E-state index contributed by atoms with van der Waals surface area (Å²) < 4.78 is 1.49. The van der Waals surface area contributed by atoms with Crippen LogP contribution in [0.25, 0.3) is 0 Å². The maximum Gasteiger partial charge on any atom is 0.263 e. The number of hydrogen-bond acceptors (Lipinski definition) is 7. The van der Waals surface area contributed by atoms with E-state index in [2.05, 4.69) is 15.4 Å². The lowest BCUT2D eigenvalue weighted by Crippen LogP contribution is -2.55. The summed E-state index contributed by atoms with van der Waals surface area (Å²) in [5.41, 5.74) is 1.18. The normalized spacial score (nSPS) is 15.4. The van der Waals surface area contributed by atoms with E-state index in [1.54, 1.807) is 24.2 Å². The smallest absolute Gasteiger partial charge is 0.263 e. The van der Waals surface area contributed by atoms with Gasteiger partial charge in [-0.25, -0.2) is 4.98 Å². The zero-order chi connectivity index (χ0) is 19.7. The minimum absolute atomic E-state index is 0.141. The summed E-state index contributed by atoms with van der Waals surface area (Å²) >= 11 is 1.36. The van der Waals surface area contributed by atoms with Crippen LogP contribution in [0.15, 0.2) is 12.3 Å². The first kappa shape index (κ1) is 19.3. The van der Waals surface area contributed by atoms with Crippen LogP contribution >= 0.6 is 11.3 Å². The minimum Gasteiger partial charge on any atom is -0.377 e. The first-order valence-electron chi connectivity index (χ1n) is 8.65. The molecule has 1 aliphatic rings. The Morgan fingerprint density at radius 3 is 2.70 bits per heavy atom. The highest BCUT2D eigenvalue weighted by Crippen LogP contribution is 2.25. The van der Waals surface area contributed by atoms with Crippen molar-refractivity contribution < 1.29 is 14.7 Å². The van der Waals surface area contributed by atoms with Crippen LogP contribution in [0.3, 0.4) is 0 Å². The van der Waals surface area contributed by atoms with E-state index in [4.69, 9.17) is 0 Å². The molecule has 0 aliphatic carbocycles. The first-order valence-corrected chi connectivity index (χ1v) is 9.47. The number of aliphatic hydroxyl groups excluding tert-OH is 1. The van der Waals surface area contributed by atoms with E-state index in [-0.39, 0.29) is 17.7 Å². The molecule has 10 heteroatoms. The van der Waals surface area contributed by atoms with Crippen LogP contribution < -0.4 is 10.2 Å². The molecule has 1 fully saturated rings. The standard InChI is InChI=1S/C17H24N6O3S/c1-10-14(27-17(20-10)21(2)3)15(25)18-7-11-8-23(9-11)16(26)13(24)12-5-6-19-22(12)4/h5-6,11,13,24H,7-9H2,1-4H3,(H,18,25). The van der Waals surface area contributed by atoms with Gasteiger partial charge in [0.2, 0.25) is 0 Å². The van der Waals surface area contributed by atoms with Gasteiger partial charge in [-0.15, -0.1) is 0 Å². The Kier molecular flexibility index (Phi) is 5.47. The SMILES string of the molecule is Cc1nc(N(C)C)sc1C(=O)NCC1CN(C(=O)C(O)c2ccnn2C)C1. The zero-order valence-corrected chi connectivity index (χ0v) is 16.7. The number of aryl methyl sites for hydroxylation is 2. The largest absolute Gasteiger partial charge is 0.377 e. The van der Waals surface area contributed by atoms with E-state index < -0.39 is 6.10 Å². The topological polar surface area (TPSA) is 104 Å². The molecular weight excluding hydrogens is 368 g/mol. The average Bonchev–Trinajstić information content (AvgIpc) is 3.18. The van der Waals surface area contributed by atoms with E-state index in [1.807, 2.05) is 25.9 Å². The van der Waals surface area contributed by atoms with Gasteiger partial charge in [0.25, 0.3) is 11.8 Å². The molecule has 27 heavy (non-hydrogen) atoms. The fraction of sp³-hybridized carbons (Fsp3) is 0.529. The van der Waals surface area contributed by atoms with Crippen LogP contribution in [0.4, 0.5) is 5.13 Å². The maximum atomic E-state index is 12.4. The molecule has 2 N–H and O–H groups in total. The number of anilines is 1. The van der Waals surface area contributed by atoms with Crippen molar-refractivity contribution >= 4 is 28.3 Å². The van der Waals surface area contributed by atoms with E-state index in [0.717, 1.165) is 5.13 Å². The molecule has 146 valence electrons. The molecular formula is C17H24N6O3S. The van der Waals surface area contributed by atoms with Crippen LogP contribution in [0.1, 0.15) is 27.2 Å². The third kappa shape index (κ3) is 3.96. The highest BCUT2D eigenvalue weighted by atomic mass is 32.1. The predicted octanol–water partition coefficient (Wildman–Crippen LogP) is 0.173. The van der Waals surface area contributed by atoms with Gasteiger partial charge < -0.3 is 20.2 Å². The Morgan fingerprint density at radius 2 is 2.15 bits per heavy atom. The van der Waals surface area contributed by atoms with Gasteiger partial charge >= 0.3 is 0 Å². The van der Waals surface area contributed by atoms with E-state index in [9.17, 15) is 14.7 Å². The number of hydrogen-bond donors (Lipinski definition) is 2. The van der Waals surface area contributed by atoms with Crippen LogP contribution in [-0.2, 0) is 11.8 Å². The molecule has 2 aromatic rings. The van der Waals surface area contributed by atoms with Crippen molar-refractivity contribution in [1.29, 1.82) is 0 Å². The Labute approximate surface area is 161 Å². The summed E-state index contributed by atoms with van der Waals surface area (Å²) in [5, 5.41) is 17.9. The number of nitrogens with one attached hydrogen (secondary N) is 1. The number of carbonyl (C=O) groups is 2. The lowest BCUT2D eigenvalue weighted by molar-refractivity contribution is -0.147. The average molecular weight is 392 g/mol. The number of thiazole rings is 1. The number of nitrogens with zero attached hydrogens (tertiary/aromatic N) is 5. The van der Waals surface area contributed by atoms with Crippen LogP contribution in [0.2, 0.25) is 0 Å². The monoisotopic (exact) mass is 392 g/mol. The van der Waals surface area contributed by atoms with Crippen molar-refractivity contribution in [2.75, 3.05) is 38.6 Å². The van der Waals surface area contributed by atoms with Gasteiger partial charge in [0.1, 0.15) is 4.88 Å². The van der Waals surface area contributed by atoms with Gasteiger partial charge in [0, 0.05) is 52.9 Å². The first-order chi connectivity index (χ1) is 12.8. The van der Waals surface area contributed by atoms with Gasteiger partial charge in [-0.3, -0.25) is 14.3 Å². The lowest BCUT2D eigenvalue weighted by atomic mass is 9.98. The van der Waals surface area contributed by atoms with Crippen LogP contribution in [0.5, 0.6) is 0 Å². The summed E-state index contributed by atoms with van der Waals surface area (Å²) in [5.74, 6) is -0.300. The molecule has 1 unspecified atom stereocenters. The number of likely N-dealkylation sites (tertiary alicyclic amines) is 1. The highest BCUT2D eigenvalue weighted by Gasteiger charge is 2.35. The molecule has 3 rings (SSSR count). The fourth-order valence-electron chi connectivity index (χ4n) is 2.93. The minimum atomic E-state index is -1.21. The Hall–Kier alpha value is -2.46. The van der Waals surface area contributed by atoms with Gasteiger partial charge in [-0.05, 0) is 13.0 Å². The molecule has 0 radical (unpaired) electrons. The quantitative estimate of drug-likeness (QED) is 0.727. The van der Waals surface area contributed by atoms with E-state index >= 15 is 0 Å². The van der Waals surface area contributed by atoms with Gasteiger partial charge in [-0.2, -0.15) is 5.10 Å². The molecule has 1 saturated heterocycles. The van der Waals surface area contributed by atoms with Crippen molar-refractivity contribution in [2.24, 2.45) is 13.0 Å². The van der Waals surface area contributed by atoms with Crippen molar-refractivity contribution in [3.05, 3.63) is 28.5 Å². The summed E-state index contributed by atoms with van der Waals surface area (Å²) in [7, 11) is 5.46. The number of rotatable bonds is 6. The molecule has 0 bridgehead atoms. The van der Waals surface area contributed by atoms with Crippen molar-refractivity contribution in [2.45, 2.75) is 13.0 Å².